The first-order valence-corrected chi connectivity index (χ1v) is 3.73. The number of methoxy groups -OCH3 is 1. The average molecular weight is 145 g/mol. The maximum absolute atomic E-state index is 9.14. The zero-order valence-corrected chi connectivity index (χ0v) is 6.34. The summed E-state index contributed by atoms with van der Waals surface area (Å²) in [6.45, 7) is 1.10. The number of aliphatic hydroxyl groups excluding tert-OH is 1. The van der Waals surface area contributed by atoms with Crippen LogP contribution in [-0.2, 0) is 4.74 Å². The van der Waals surface area contributed by atoms with Gasteiger partial charge in [-0.3, -0.25) is 0 Å². The molecule has 0 aliphatic heterocycles. The lowest BCUT2D eigenvalue weighted by atomic mass is 10.4. The quantitative estimate of drug-likeness (QED) is 0.560. The smallest absolute Gasteiger partial charge is 0.0897 e. The molecule has 10 heavy (non-hydrogen) atoms. The molecule has 0 aromatic carbocycles. The Morgan fingerprint density at radius 2 is 2.40 bits per heavy atom. The molecule has 2 N–H and O–H groups in total. The van der Waals surface area contributed by atoms with Crippen LogP contribution in [0.4, 0.5) is 0 Å². The lowest BCUT2D eigenvalue weighted by Gasteiger charge is -2.09. The first-order chi connectivity index (χ1) is 4.83. The molecular weight excluding hydrogens is 130 g/mol. The minimum atomic E-state index is -0.342. The molecule has 0 aromatic heterocycles. The molecule has 0 aromatic rings. The van der Waals surface area contributed by atoms with Gasteiger partial charge in [0.1, 0.15) is 0 Å². The van der Waals surface area contributed by atoms with Gasteiger partial charge < -0.3 is 15.2 Å². The van der Waals surface area contributed by atoms with Crippen molar-refractivity contribution < 1.29 is 9.84 Å². The molecule has 1 atom stereocenters. The first-order valence-electron chi connectivity index (χ1n) is 3.73. The van der Waals surface area contributed by atoms with E-state index >= 15 is 0 Å². The van der Waals surface area contributed by atoms with Crippen LogP contribution in [0.3, 0.4) is 0 Å². The normalized spacial score (nSPS) is 21.0. The van der Waals surface area contributed by atoms with Crippen LogP contribution in [0.25, 0.3) is 0 Å². The second-order valence-corrected chi connectivity index (χ2v) is 2.79. The summed E-state index contributed by atoms with van der Waals surface area (Å²) in [5.74, 6) is 0. The Balaban J connectivity index is 1.89. The van der Waals surface area contributed by atoms with Crippen molar-refractivity contribution in [2.24, 2.45) is 0 Å². The second-order valence-electron chi connectivity index (χ2n) is 2.79. The van der Waals surface area contributed by atoms with E-state index in [1.165, 1.54) is 12.8 Å². The van der Waals surface area contributed by atoms with Gasteiger partial charge in [0.15, 0.2) is 0 Å². The molecule has 0 amide bonds. The van der Waals surface area contributed by atoms with Gasteiger partial charge in [0.2, 0.25) is 0 Å². The minimum Gasteiger partial charge on any atom is -0.389 e. The summed E-state index contributed by atoms with van der Waals surface area (Å²) in [5, 5.41) is 12.3. The number of hydrogen-bond acceptors (Lipinski definition) is 3. The minimum absolute atomic E-state index is 0.342. The summed E-state index contributed by atoms with van der Waals surface area (Å²) in [4.78, 5) is 0. The van der Waals surface area contributed by atoms with E-state index in [-0.39, 0.29) is 6.10 Å². The van der Waals surface area contributed by atoms with Crippen molar-refractivity contribution in [3.05, 3.63) is 0 Å². The standard InChI is InChI=1S/C7H15NO2/c1-10-5-7(9)4-8-6-2-3-6/h6-9H,2-5H2,1H3. The summed E-state index contributed by atoms with van der Waals surface area (Å²) in [7, 11) is 1.60. The highest BCUT2D eigenvalue weighted by Crippen LogP contribution is 2.18. The first kappa shape index (κ1) is 7.98. The van der Waals surface area contributed by atoms with Gasteiger partial charge in [-0.15, -0.1) is 0 Å². The lowest BCUT2D eigenvalue weighted by molar-refractivity contribution is 0.0644. The molecule has 1 aliphatic rings. The maximum atomic E-state index is 9.14. The Kier molecular flexibility index (Phi) is 3.12. The molecule has 0 saturated heterocycles. The number of hydrogen-bond donors (Lipinski definition) is 2. The van der Waals surface area contributed by atoms with E-state index in [2.05, 4.69) is 5.32 Å². The third-order valence-electron chi connectivity index (χ3n) is 1.58. The van der Waals surface area contributed by atoms with Gasteiger partial charge in [-0.05, 0) is 12.8 Å². The van der Waals surface area contributed by atoms with Crippen LogP contribution >= 0.6 is 0 Å². The van der Waals surface area contributed by atoms with Crippen molar-refractivity contribution in [2.45, 2.75) is 25.0 Å². The summed E-state index contributed by atoms with van der Waals surface area (Å²) in [6.07, 6.45) is 2.19. The van der Waals surface area contributed by atoms with E-state index in [1.54, 1.807) is 7.11 Å². The molecule has 0 heterocycles. The fourth-order valence-electron chi connectivity index (χ4n) is 0.841. The van der Waals surface area contributed by atoms with Crippen LogP contribution < -0.4 is 5.32 Å². The van der Waals surface area contributed by atoms with Crippen molar-refractivity contribution >= 4 is 0 Å². The highest BCUT2D eigenvalue weighted by molar-refractivity contribution is 4.81. The number of aliphatic hydroxyl groups is 1. The monoisotopic (exact) mass is 145 g/mol. The molecule has 3 nitrogen and oxygen atoms in total. The van der Waals surface area contributed by atoms with E-state index in [1.807, 2.05) is 0 Å². The largest absolute Gasteiger partial charge is 0.389 e. The van der Waals surface area contributed by atoms with Gasteiger partial charge in [-0.2, -0.15) is 0 Å². The Morgan fingerprint density at radius 3 is 2.90 bits per heavy atom. The number of nitrogens with one attached hydrogen (secondary N) is 1. The summed E-state index contributed by atoms with van der Waals surface area (Å²) in [6, 6.07) is 0.673. The molecule has 0 bridgehead atoms. The fourth-order valence-corrected chi connectivity index (χ4v) is 0.841. The summed E-state index contributed by atoms with van der Waals surface area (Å²) >= 11 is 0. The Hall–Kier alpha value is -0.120. The number of ether oxygens (including phenoxy) is 1. The van der Waals surface area contributed by atoms with Crippen LogP contribution in [0.2, 0.25) is 0 Å². The third kappa shape index (κ3) is 3.15. The van der Waals surface area contributed by atoms with Crippen molar-refractivity contribution in [1.29, 1.82) is 0 Å². The molecule has 1 rings (SSSR count). The molecule has 60 valence electrons. The third-order valence-corrected chi connectivity index (χ3v) is 1.58. The van der Waals surface area contributed by atoms with Gasteiger partial charge >= 0.3 is 0 Å². The zero-order chi connectivity index (χ0) is 7.40. The molecule has 1 unspecified atom stereocenters. The molecule has 0 radical (unpaired) electrons. The van der Waals surface area contributed by atoms with Gasteiger partial charge in [0, 0.05) is 19.7 Å². The molecule has 1 saturated carbocycles. The van der Waals surface area contributed by atoms with Crippen LogP contribution in [0.15, 0.2) is 0 Å². The van der Waals surface area contributed by atoms with Gasteiger partial charge in [-0.1, -0.05) is 0 Å². The SMILES string of the molecule is COCC(O)CNC1CC1. The van der Waals surface area contributed by atoms with Crippen molar-refractivity contribution in [1.82, 2.24) is 5.32 Å². The second kappa shape index (κ2) is 3.91. The van der Waals surface area contributed by atoms with Crippen molar-refractivity contribution in [3.63, 3.8) is 0 Å². The molecule has 1 aliphatic carbocycles. The Labute approximate surface area is 61.4 Å². The van der Waals surface area contributed by atoms with Gasteiger partial charge in [-0.25, -0.2) is 0 Å². The Bertz CT molecular complexity index is 93.6. The Morgan fingerprint density at radius 1 is 1.70 bits per heavy atom. The predicted octanol–water partition coefficient (Wildman–Crippen LogP) is -0.254. The van der Waals surface area contributed by atoms with Crippen molar-refractivity contribution in [2.75, 3.05) is 20.3 Å². The predicted molar refractivity (Wildman–Crippen MR) is 38.9 cm³/mol. The van der Waals surface area contributed by atoms with Crippen LogP contribution in [0, 0.1) is 0 Å². The molecular formula is C7H15NO2. The van der Waals surface area contributed by atoms with Crippen LogP contribution in [0.5, 0.6) is 0 Å². The lowest BCUT2D eigenvalue weighted by Crippen LogP contribution is -2.31. The topological polar surface area (TPSA) is 41.5 Å². The molecule has 1 fully saturated rings. The van der Waals surface area contributed by atoms with E-state index in [9.17, 15) is 0 Å². The van der Waals surface area contributed by atoms with Gasteiger partial charge in [0.05, 0.1) is 12.7 Å². The zero-order valence-electron chi connectivity index (χ0n) is 6.34. The number of rotatable bonds is 5. The summed E-state index contributed by atoms with van der Waals surface area (Å²) in [5.41, 5.74) is 0. The average Bonchev–Trinajstić information content (AvgIpc) is 2.67. The maximum Gasteiger partial charge on any atom is 0.0897 e. The van der Waals surface area contributed by atoms with Gasteiger partial charge in [0.25, 0.3) is 0 Å². The highest BCUT2D eigenvalue weighted by atomic mass is 16.5. The van der Waals surface area contributed by atoms with Crippen LogP contribution in [0.1, 0.15) is 12.8 Å². The van der Waals surface area contributed by atoms with E-state index in [0.29, 0.717) is 19.2 Å². The van der Waals surface area contributed by atoms with Crippen molar-refractivity contribution in [3.8, 4) is 0 Å². The molecule has 0 spiro atoms. The van der Waals surface area contributed by atoms with E-state index in [4.69, 9.17) is 9.84 Å². The van der Waals surface area contributed by atoms with Crippen LogP contribution in [-0.4, -0.2) is 37.5 Å². The highest BCUT2D eigenvalue weighted by Gasteiger charge is 2.20. The summed E-state index contributed by atoms with van der Waals surface area (Å²) < 4.78 is 4.77. The van der Waals surface area contributed by atoms with E-state index in [0.717, 1.165) is 0 Å². The fraction of sp³-hybridized carbons (Fsp3) is 1.00. The van der Waals surface area contributed by atoms with E-state index < -0.39 is 0 Å². The molecule has 3 heteroatoms.